The van der Waals surface area contributed by atoms with Crippen LogP contribution in [-0.2, 0) is 4.74 Å². The first-order valence-electron chi connectivity index (χ1n) is 5.00. The number of nitrogens with one attached hydrogen (secondary N) is 1. The highest BCUT2D eigenvalue weighted by Crippen LogP contribution is 2.27. The Morgan fingerprint density at radius 2 is 2.07 bits per heavy atom. The summed E-state index contributed by atoms with van der Waals surface area (Å²) in [5.41, 5.74) is 3.03. The predicted octanol–water partition coefficient (Wildman–Crippen LogP) is 3.30. The first-order chi connectivity index (χ1) is 7.06. The third kappa shape index (κ3) is 2.72. The van der Waals surface area contributed by atoms with Crippen molar-refractivity contribution in [1.82, 2.24) is 0 Å². The maximum atomic E-state index is 11.2. The molecule has 0 aromatic heterocycles. The third-order valence-corrected chi connectivity index (χ3v) is 2.34. The van der Waals surface area contributed by atoms with Crippen LogP contribution in [0.4, 0.5) is 10.5 Å². The van der Waals surface area contributed by atoms with Crippen molar-refractivity contribution in [3.63, 3.8) is 0 Å². The normalized spacial score (nSPS) is 10.2. The molecule has 0 atom stereocenters. The zero-order valence-corrected chi connectivity index (χ0v) is 9.63. The molecule has 0 saturated carbocycles. The first kappa shape index (κ1) is 11.6. The van der Waals surface area contributed by atoms with Crippen LogP contribution in [0, 0.1) is 6.92 Å². The van der Waals surface area contributed by atoms with Crippen LogP contribution in [0.2, 0.25) is 0 Å². The molecule has 1 aromatic rings. The number of benzene rings is 1. The number of carbonyl (C=O) groups excluding carboxylic acids is 1. The number of methoxy groups -OCH3 is 1. The Kier molecular flexibility index (Phi) is 3.72. The SMILES string of the molecule is COC(=O)Nc1c(C)cccc1C(C)C. The molecule has 1 rings (SSSR count). The lowest BCUT2D eigenvalue weighted by atomic mass is 9.98. The van der Waals surface area contributed by atoms with Gasteiger partial charge in [0.2, 0.25) is 0 Å². The van der Waals surface area contributed by atoms with Gasteiger partial charge in [-0.2, -0.15) is 0 Å². The molecular weight excluding hydrogens is 190 g/mol. The van der Waals surface area contributed by atoms with E-state index in [9.17, 15) is 4.79 Å². The minimum absolute atomic E-state index is 0.372. The monoisotopic (exact) mass is 207 g/mol. The van der Waals surface area contributed by atoms with Crippen molar-refractivity contribution < 1.29 is 9.53 Å². The highest BCUT2D eigenvalue weighted by molar-refractivity contribution is 5.86. The summed E-state index contributed by atoms with van der Waals surface area (Å²) in [5, 5.41) is 2.75. The average Bonchev–Trinajstić information content (AvgIpc) is 2.20. The Morgan fingerprint density at radius 3 is 2.60 bits per heavy atom. The molecule has 0 radical (unpaired) electrons. The molecule has 1 aromatic carbocycles. The molecule has 0 fully saturated rings. The smallest absolute Gasteiger partial charge is 0.411 e. The Bertz CT molecular complexity index is 359. The van der Waals surface area contributed by atoms with Crippen LogP contribution in [0.5, 0.6) is 0 Å². The summed E-state index contributed by atoms with van der Waals surface area (Å²) in [6.45, 7) is 6.16. The second kappa shape index (κ2) is 4.82. The molecule has 1 amide bonds. The van der Waals surface area contributed by atoms with Gasteiger partial charge in [0, 0.05) is 0 Å². The van der Waals surface area contributed by atoms with Gasteiger partial charge in [-0.25, -0.2) is 4.79 Å². The lowest BCUT2D eigenvalue weighted by Gasteiger charge is -2.15. The number of amides is 1. The maximum absolute atomic E-state index is 11.2. The van der Waals surface area contributed by atoms with Gasteiger partial charge in [0.25, 0.3) is 0 Å². The molecule has 1 N–H and O–H groups in total. The largest absolute Gasteiger partial charge is 0.453 e. The van der Waals surface area contributed by atoms with Crippen LogP contribution in [0.1, 0.15) is 30.9 Å². The van der Waals surface area contributed by atoms with E-state index in [0.717, 1.165) is 16.8 Å². The molecule has 82 valence electrons. The number of hydrogen-bond donors (Lipinski definition) is 1. The van der Waals surface area contributed by atoms with Gasteiger partial charge in [-0.05, 0) is 24.0 Å². The van der Waals surface area contributed by atoms with Crippen LogP contribution in [0.15, 0.2) is 18.2 Å². The second-order valence-electron chi connectivity index (χ2n) is 3.81. The van der Waals surface area contributed by atoms with Gasteiger partial charge in [-0.15, -0.1) is 0 Å². The van der Waals surface area contributed by atoms with Crippen molar-refractivity contribution in [3.05, 3.63) is 29.3 Å². The van der Waals surface area contributed by atoms with Crippen LogP contribution >= 0.6 is 0 Å². The second-order valence-corrected chi connectivity index (χ2v) is 3.81. The standard InChI is InChI=1S/C12H17NO2/c1-8(2)10-7-5-6-9(3)11(10)13-12(14)15-4/h5-8H,1-4H3,(H,13,14). The molecule has 15 heavy (non-hydrogen) atoms. The van der Waals surface area contributed by atoms with Gasteiger partial charge in [-0.1, -0.05) is 32.0 Å². The summed E-state index contributed by atoms with van der Waals surface area (Å²) in [5.74, 6) is 0.372. The van der Waals surface area contributed by atoms with Gasteiger partial charge >= 0.3 is 6.09 Å². The Balaban J connectivity index is 3.07. The molecule has 0 aliphatic heterocycles. The number of aryl methyl sites for hydroxylation is 1. The number of rotatable bonds is 2. The van der Waals surface area contributed by atoms with Gasteiger partial charge in [0.05, 0.1) is 12.8 Å². The van der Waals surface area contributed by atoms with Crippen LogP contribution in [0.3, 0.4) is 0 Å². The van der Waals surface area contributed by atoms with Crippen molar-refractivity contribution in [1.29, 1.82) is 0 Å². The Labute approximate surface area is 90.4 Å². The predicted molar refractivity (Wildman–Crippen MR) is 61.3 cm³/mol. The molecule has 0 heterocycles. The molecule has 0 saturated heterocycles. The molecular formula is C12H17NO2. The van der Waals surface area contributed by atoms with Crippen molar-refractivity contribution in [2.45, 2.75) is 26.7 Å². The molecule has 0 aliphatic rings. The molecule has 0 bridgehead atoms. The molecule has 0 spiro atoms. The van der Waals surface area contributed by atoms with Gasteiger partial charge in [-0.3, -0.25) is 5.32 Å². The van der Waals surface area contributed by atoms with Gasteiger partial charge in [0.1, 0.15) is 0 Å². The number of para-hydroxylation sites is 1. The molecule has 0 unspecified atom stereocenters. The van der Waals surface area contributed by atoms with Crippen molar-refractivity contribution in [3.8, 4) is 0 Å². The summed E-state index contributed by atoms with van der Waals surface area (Å²) < 4.78 is 4.59. The van der Waals surface area contributed by atoms with E-state index in [1.807, 2.05) is 25.1 Å². The number of ether oxygens (including phenoxy) is 1. The summed E-state index contributed by atoms with van der Waals surface area (Å²) in [6, 6.07) is 5.98. The number of hydrogen-bond acceptors (Lipinski definition) is 2. The molecule has 0 aliphatic carbocycles. The van der Waals surface area contributed by atoms with E-state index >= 15 is 0 Å². The summed E-state index contributed by atoms with van der Waals surface area (Å²) >= 11 is 0. The Morgan fingerprint density at radius 1 is 1.40 bits per heavy atom. The topological polar surface area (TPSA) is 38.3 Å². The number of anilines is 1. The van der Waals surface area contributed by atoms with E-state index in [1.165, 1.54) is 7.11 Å². The van der Waals surface area contributed by atoms with E-state index in [4.69, 9.17) is 0 Å². The summed E-state index contributed by atoms with van der Waals surface area (Å²) in [4.78, 5) is 11.2. The van der Waals surface area contributed by atoms with Crippen molar-refractivity contribution in [2.24, 2.45) is 0 Å². The summed E-state index contributed by atoms with van der Waals surface area (Å²) in [7, 11) is 1.36. The fraction of sp³-hybridized carbons (Fsp3) is 0.417. The lowest BCUT2D eigenvalue weighted by molar-refractivity contribution is 0.187. The van der Waals surface area contributed by atoms with E-state index in [1.54, 1.807) is 0 Å². The average molecular weight is 207 g/mol. The van der Waals surface area contributed by atoms with Crippen LogP contribution < -0.4 is 5.32 Å². The fourth-order valence-corrected chi connectivity index (χ4v) is 1.50. The quantitative estimate of drug-likeness (QED) is 0.808. The minimum Gasteiger partial charge on any atom is -0.453 e. The van der Waals surface area contributed by atoms with E-state index in [2.05, 4.69) is 23.9 Å². The number of carbonyl (C=O) groups is 1. The first-order valence-corrected chi connectivity index (χ1v) is 5.00. The molecule has 3 nitrogen and oxygen atoms in total. The van der Waals surface area contributed by atoms with Crippen molar-refractivity contribution >= 4 is 11.8 Å². The zero-order chi connectivity index (χ0) is 11.4. The van der Waals surface area contributed by atoms with E-state index in [-0.39, 0.29) is 0 Å². The van der Waals surface area contributed by atoms with Crippen molar-refractivity contribution in [2.75, 3.05) is 12.4 Å². The maximum Gasteiger partial charge on any atom is 0.411 e. The van der Waals surface area contributed by atoms with Crippen LogP contribution in [-0.4, -0.2) is 13.2 Å². The fourth-order valence-electron chi connectivity index (χ4n) is 1.50. The highest BCUT2D eigenvalue weighted by atomic mass is 16.5. The molecule has 3 heteroatoms. The van der Waals surface area contributed by atoms with Crippen LogP contribution in [0.25, 0.3) is 0 Å². The van der Waals surface area contributed by atoms with E-state index in [0.29, 0.717) is 5.92 Å². The van der Waals surface area contributed by atoms with Gasteiger partial charge < -0.3 is 4.74 Å². The Hall–Kier alpha value is -1.51. The highest BCUT2D eigenvalue weighted by Gasteiger charge is 2.11. The van der Waals surface area contributed by atoms with Gasteiger partial charge in [0.15, 0.2) is 0 Å². The lowest BCUT2D eigenvalue weighted by Crippen LogP contribution is -2.14. The zero-order valence-electron chi connectivity index (χ0n) is 9.63. The minimum atomic E-state index is -0.425. The third-order valence-electron chi connectivity index (χ3n) is 2.34. The summed E-state index contributed by atoms with van der Waals surface area (Å²) in [6.07, 6.45) is -0.425. The van der Waals surface area contributed by atoms with E-state index < -0.39 is 6.09 Å².